The lowest BCUT2D eigenvalue weighted by atomic mass is 10.3. The number of halogens is 1. The van der Waals surface area contributed by atoms with Crippen LogP contribution in [0.5, 0.6) is 0 Å². The molecule has 0 amide bonds. The van der Waals surface area contributed by atoms with Gasteiger partial charge in [-0.1, -0.05) is 11.3 Å². The van der Waals surface area contributed by atoms with Gasteiger partial charge in [0, 0.05) is 11.8 Å². The highest BCUT2D eigenvalue weighted by Crippen LogP contribution is 2.22. The Morgan fingerprint density at radius 1 is 1.31 bits per heavy atom. The third-order valence-corrected chi connectivity index (χ3v) is 3.03. The molecule has 3 nitrogen and oxygen atoms in total. The largest absolute Gasteiger partial charge is 0.250 e. The van der Waals surface area contributed by atoms with Crippen molar-refractivity contribution in [2.45, 2.75) is 6.92 Å². The van der Waals surface area contributed by atoms with E-state index in [0.717, 1.165) is 19.3 Å². The highest BCUT2D eigenvalue weighted by Gasteiger charge is 2.03. The Bertz CT molecular complexity index is 410. The van der Waals surface area contributed by atoms with Crippen molar-refractivity contribution in [1.82, 2.24) is 15.2 Å². The third kappa shape index (κ3) is 2.02. The van der Waals surface area contributed by atoms with Crippen LogP contribution >= 0.6 is 33.9 Å². The van der Waals surface area contributed by atoms with E-state index >= 15 is 0 Å². The average molecular weight is 303 g/mol. The number of aromatic nitrogens is 3. The Morgan fingerprint density at radius 3 is 2.69 bits per heavy atom. The smallest absolute Gasteiger partial charge is 0.149 e. The summed E-state index contributed by atoms with van der Waals surface area (Å²) in [7, 11) is 0. The van der Waals surface area contributed by atoms with Gasteiger partial charge in [-0.05, 0) is 41.6 Å². The van der Waals surface area contributed by atoms with Gasteiger partial charge in [0.15, 0.2) is 0 Å². The lowest BCUT2D eigenvalue weighted by molar-refractivity contribution is 1.05. The molecule has 2 rings (SSSR count). The fraction of sp³-hybridized carbons (Fsp3) is 0.125. The summed E-state index contributed by atoms with van der Waals surface area (Å²) >= 11 is 3.76. The molecule has 0 unspecified atom stereocenters. The summed E-state index contributed by atoms with van der Waals surface area (Å²) < 4.78 is 0.989. The van der Waals surface area contributed by atoms with Crippen molar-refractivity contribution >= 4 is 33.9 Å². The van der Waals surface area contributed by atoms with E-state index in [9.17, 15) is 0 Å². The molecule has 2 heterocycles. The van der Waals surface area contributed by atoms with Crippen molar-refractivity contribution in [3.05, 3.63) is 27.0 Å². The normalized spacial score (nSPS) is 10.3. The molecule has 0 saturated carbocycles. The van der Waals surface area contributed by atoms with Crippen LogP contribution in [-0.4, -0.2) is 15.2 Å². The summed E-state index contributed by atoms with van der Waals surface area (Å²) in [6, 6.07) is 3.97. The predicted octanol–water partition coefficient (Wildman–Crippen LogP) is 2.51. The first kappa shape index (κ1) is 9.01. The number of hydrogen-bond acceptors (Lipinski definition) is 4. The molecule has 0 N–H and O–H groups in total. The second-order valence-corrected chi connectivity index (χ2v) is 4.78. The first-order chi connectivity index (χ1) is 6.25. The van der Waals surface area contributed by atoms with E-state index in [1.807, 2.05) is 25.3 Å². The highest BCUT2D eigenvalue weighted by molar-refractivity contribution is 14.1. The van der Waals surface area contributed by atoms with E-state index in [4.69, 9.17) is 0 Å². The summed E-state index contributed by atoms with van der Waals surface area (Å²) in [5.41, 5.74) is 1.03. The summed E-state index contributed by atoms with van der Waals surface area (Å²) in [6.07, 6.45) is 1.82. The Morgan fingerprint density at radius 2 is 2.15 bits per heavy atom. The van der Waals surface area contributed by atoms with E-state index in [1.165, 1.54) is 0 Å². The Balaban J connectivity index is 2.41. The van der Waals surface area contributed by atoms with Crippen molar-refractivity contribution in [3.8, 4) is 10.6 Å². The van der Waals surface area contributed by atoms with Gasteiger partial charge in [0.2, 0.25) is 0 Å². The van der Waals surface area contributed by atoms with Gasteiger partial charge in [0.25, 0.3) is 0 Å². The minimum absolute atomic E-state index is 0.932. The van der Waals surface area contributed by atoms with E-state index in [2.05, 4.69) is 37.8 Å². The molecule has 0 atom stereocenters. The van der Waals surface area contributed by atoms with Crippen molar-refractivity contribution in [2.75, 3.05) is 0 Å². The van der Waals surface area contributed by atoms with Gasteiger partial charge in [-0.3, -0.25) is 0 Å². The van der Waals surface area contributed by atoms with Crippen LogP contribution in [0, 0.1) is 10.6 Å². The quantitative estimate of drug-likeness (QED) is 0.600. The molecule has 5 heteroatoms. The first-order valence-corrected chi connectivity index (χ1v) is 5.57. The number of nitrogens with zero attached hydrogens (tertiary/aromatic N) is 3. The zero-order chi connectivity index (χ0) is 9.26. The van der Waals surface area contributed by atoms with E-state index in [0.29, 0.717) is 0 Å². The van der Waals surface area contributed by atoms with Crippen LogP contribution in [0.2, 0.25) is 0 Å². The Labute approximate surface area is 93.4 Å². The molecule has 0 spiro atoms. The molecule has 66 valence electrons. The topological polar surface area (TPSA) is 38.7 Å². The molecule has 13 heavy (non-hydrogen) atoms. The molecule has 2 aromatic rings. The van der Waals surface area contributed by atoms with Crippen molar-refractivity contribution < 1.29 is 0 Å². The van der Waals surface area contributed by atoms with Crippen LogP contribution in [-0.2, 0) is 0 Å². The SMILES string of the molecule is Cc1nnc(-c2ccc(I)nc2)s1. The lowest BCUT2D eigenvalue weighted by Gasteiger charge is -1.93. The maximum absolute atomic E-state index is 4.19. The van der Waals surface area contributed by atoms with Crippen molar-refractivity contribution in [3.63, 3.8) is 0 Å². The number of pyridine rings is 1. The molecule has 0 aliphatic heterocycles. The van der Waals surface area contributed by atoms with Gasteiger partial charge >= 0.3 is 0 Å². The minimum Gasteiger partial charge on any atom is -0.250 e. The third-order valence-electron chi connectivity index (χ3n) is 1.50. The average Bonchev–Trinajstić information content (AvgIpc) is 2.53. The summed E-state index contributed by atoms with van der Waals surface area (Å²) in [6.45, 7) is 1.95. The van der Waals surface area contributed by atoms with Crippen LogP contribution < -0.4 is 0 Å². The van der Waals surface area contributed by atoms with Crippen LogP contribution in [0.4, 0.5) is 0 Å². The van der Waals surface area contributed by atoms with Gasteiger partial charge in [-0.25, -0.2) is 4.98 Å². The van der Waals surface area contributed by atoms with Crippen LogP contribution in [0.15, 0.2) is 18.3 Å². The Kier molecular flexibility index (Phi) is 2.54. The van der Waals surface area contributed by atoms with Crippen LogP contribution in [0.1, 0.15) is 5.01 Å². The highest BCUT2D eigenvalue weighted by atomic mass is 127. The minimum atomic E-state index is 0.932. The number of aryl methyl sites for hydroxylation is 1. The summed E-state index contributed by atoms with van der Waals surface area (Å²) in [5, 5.41) is 9.91. The van der Waals surface area contributed by atoms with Crippen LogP contribution in [0.25, 0.3) is 10.6 Å². The fourth-order valence-corrected chi connectivity index (χ4v) is 1.92. The molecule has 0 aromatic carbocycles. The first-order valence-electron chi connectivity index (χ1n) is 3.68. The zero-order valence-corrected chi connectivity index (χ0v) is 9.83. The van der Waals surface area contributed by atoms with Gasteiger partial charge in [-0.2, -0.15) is 0 Å². The van der Waals surface area contributed by atoms with E-state index in [1.54, 1.807) is 11.3 Å². The summed E-state index contributed by atoms with van der Waals surface area (Å²) in [4.78, 5) is 4.19. The van der Waals surface area contributed by atoms with Gasteiger partial charge in [-0.15, -0.1) is 10.2 Å². The molecule has 0 aliphatic carbocycles. The molecular formula is C8H6IN3S. The summed E-state index contributed by atoms with van der Waals surface area (Å²) in [5.74, 6) is 0. The standard InChI is InChI=1S/C8H6IN3S/c1-5-11-12-8(13-5)6-2-3-7(9)10-4-6/h2-4H,1H3. The second kappa shape index (κ2) is 3.67. The van der Waals surface area contributed by atoms with E-state index < -0.39 is 0 Å². The van der Waals surface area contributed by atoms with Crippen molar-refractivity contribution in [2.24, 2.45) is 0 Å². The molecule has 0 radical (unpaired) electrons. The van der Waals surface area contributed by atoms with Crippen LogP contribution in [0.3, 0.4) is 0 Å². The molecule has 0 bridgehead atoms. The molecule has 2 aromatic heterocycles. The predicted molar refractivity (Wildman–Crippen MR) is 60.6 cm³/mol. The molecule has 0 fully saturated rings. The second-order valence-electron chi connectivity index (χ2n) is 2.50. The molecule has 0 aliphatic rings. The monoisotopic (exact) mass is 303 g/mol. The maximum atomic E-state index is 4.19. The maximum Gasteiger partial charge on any atom is 0.149 e. The lowest BCUT2D eigenvalue weighted by Crippen LogP contribution is -1.81. The molecule has 0 saturated heterocycles. The number of hydrogen-bond donors (Lipinski definition) is 0. The van der Waals surface area contributed by atoms with Gasteiger partial charge in [0.1, 0.15) is 13.7 Å². The molecular weight excluding hydrogens is 297 g/mol. The zero-order valence-electron chi connectivity index (χ0n) is 6.86. The fourth-order valence-electron chi connectivity index (χ4n) is 0.916. The van der Waals surface area contributed by atoms with Crippen molar-refractivity contribution in [1.29, 1.82) is 0 Å². The van der Waals surface area contributed by atoms with Gasteiger partial charge < -0.3 is 0 Å². The number of rotatable bonds is 1. The van der Waals surface area contributed by atoms with E-state index in [-0.39, 0.29) is 0 Å². The Hall–Kier alpha value is -0.560. The van der Waals surface area contributed by atoms with Gasteiger partial charge in [0.05, 0.1) is 0 Å².